The molecular weight excluding hydrogens is 330 g/mol. The number of rotatable bonds is 6. The Morgan fingerprint density at radius 3 is 2.69 bits per heavy atom. The maximum absolute atomic E-state index is 12.5. The van der Waals surface area contributed by atoms with Gasteiger partial charge in [0, 0.05) is 0 Å². The van der Waals surface area contributed by atoms with Gasteiger partial charge in [0.1, 0.15) is 18.5 Å². The largest absolute Gasteiger partial charge is 0.486 e. The van der Waals surface area contributed by atoms with Crippen LogP contribution in [0.4, 0.5) is 0 Å². The molecule has 0 radical (unpaired) electrons. The van der Waals surface area contributed by atoms with Crippen LogP contribution in [-0.4, -0.2) is 31.3 Å². The minimum absolute atomic E-state index is 0.145. The van der Waals surface area contributed by atoms with Crippen molar-refractivity contribution < 1.29 is 19.0 Å². The Hall–Kier alpha value is -2.69. The van der Waals surface area contributed by atoms with Gasteiger partial charge in [0.15, 0.2) is 17.6 Å². The summed E-state index contributed by atoms with van der Waals surface area (Å²) in [6.45, 7) is 6.79. The summed E-state index contributed by atoms with van der Waals surface area (Å²) in [7, 11) is 0. The van der Waals surface area contributed by atoms with Crippen molar-refractivity contribution in [1.29, 1.82) is 0 Å². The number of hydrogen-bond donors (Lipinski definition) is 1. The van der Waals surface area contributed by atoms with Crippen LogP contribution in [0.2, 0.25) is 0 Å². The number of nitrogens with one attached hydrogen (secondary N) is 1. The second-order valence-corrected chi connectivity index (χ2v) is 6.50. The Morgan fingerprint density at radius 2 is 1.96 bits per heavy atom. The zero-order chi connectivity index (χ0) is 18.5. The topological polar surface area (TPSA) is 56.8 Å². The monoisotopic (exact) mass is 355 g/mol. The number of benzene rings is 2. The molecule has 1 N–H and O–H groups in total. The maximum atomic E-state index is 12.5. The van der Waals surface area contributed by atoms with E-state index in [0.717, 1.165) is 11.3 Å². The summed E-state index contributed by atoms with van der Waals surface area (Å²) in [5, 5.41) is 2.91. The van der Waals surface area contributed by atoms with E-state index in [4.69, 9.17) is 14.2 Å². The summed E-state index contributed by atoms with van der Waals surface area (Å²) in [6.07, 6.45) is -0.161. The average molecular weight is 355 g/mol. The van der Waals surface area contributed by atoms with Crippen LogP contribution in [0.15, 0.2) is 42.5 Å². The zero-order valence-electron chi connectivity index (χ0n) is 15.5. The van der Waals surface area contributed by atoms with Crippen LogP contribution < -0.4 is 19.5 Å². The minimum atomic E-state index is -0.533. The molecule has 0 spiro atoms. The maximum Gasteiger partial charge on any atom is 0.261 e. The predicted molar refractivity (Wildman–Crippen MR) is 100.0 cm³/mol. The van der Waals surface area contributed by atoms with E-state index in [2.05, 4.69) is 5.32 Å². The van der Waals surface area contributed by atoms with Gasteiger partial charge in [0.05, 0.1) is 6.54 Å². The number of amides is 1. The van der Waals surface area contributed by atoms with Gasteiger partial charge in [-0.3, -0.25) is 4.79 Å². The van der Waals surface area contributed by atoms with Crippen molar-refractivity contribution in [3.8, 4) is 17.2 Å². The summed E-state index contributed by atoms with van der Waals surface area (Å²) in [6, 6.07) is 13.4. The van der Waals surface area contributed by atoms with Gasteiger partial charge in [0.25, 0.3) is 5.91 Å². The number of carbonyl (C=O) groups excluding carboxylic acids is 1. The quantitative estimate of drug-likeness (QED) is 0.863. The van der Waals surface area contributed by atoms with Crippen LogP contribution in [-0.2, 0) is 4.79 Å². The van der Waals surface area contributed by atoms with Gasteiger partial charge in [-0.05, 0) is 55.7 Å². The number of ether oxygens (including phenoxy) is 3. The summed E-state index contributed by atoms with van der Waals surface area (Å²) >= 11 is 0. The van der Waals surface area contributed by atoms with Crippen molar-refractivity contribution in [2.75, 3.05) is 13.2 Å². The Balaban J connectivity index is 1.54. The molecular formula is C21H25NO4. The smallest absolute Gasteiger partial charge is 0.261 e. The van der Waals surface area contributed by atoms with Gasteiger partial charge in [-0.1, -0.05) is 25.1 Å². The second-order valence-electron chi connectivity index (χ2n) is 6.50. The number of fused-ring (bicyclic) bond motifs is 1. The molecule has 0 saturated carbocycles. The van der Waals surface area contributed by atoms with E-state index in [1.807, 2.05) is 63.2 Å². The van der Waals surface area contributed by atoms with Crippen LogP contribution in [0.25, 0.3) is 0 Å². The van der Waals surface area contributed by atoms with Crippen molar-refractivity contribution in [2.45, 2.75) is 39.4 Å². The molecule has 1 heterocycles. The third-order valence-corrected chi connectivity index (χ3v) is 4.49. The molecule has 26 heavy (non-hydrogen) atoms. The van der Waals surface area contributed by atoms with Crippen molar-refractivity contribution >= 4 is 5.91 Å². The normalized spacial score (nSPS) is 16.7. The van der Waals surface area contributed by atoms with Crippen LogP contribution in [0.1, 0.15) is 24.5 Å². The first kappa shape index (κ1) is 18.1. The van der Waals surface area contributed by atoms with Gasteiger partial charge in [-0.15, -0.1) is 0 Å². The lowest BCUT2D eigenvalue weighted by molar-refractivity contribution is -0.128. The van der Waals surface area contributed by atoms with Gasteiger partial charge in [-0.25, -0.2) is 0 Å². The van der Waals surface area contributed by atoms with Crippen LogP contribution in [0.3, 0.4) is 0 Å². The number of carbonyl (C=O) groups is 1. The van der Waals surface area contributed by atoms with Crippen molar-refractivity contribution in [3.63, 3.8) is 0 Å². The third-order valence-electron chi connectivity index (χ3n) is 4.49. The fourth-order valence-electron chi connectivity index (χ4n) is 2.77. The fraction of sp³-hybridized carbons (Fsp3) is 0.381. The zero-order valence-corrected chi connectivity index (χ0v) is 15.5. The molecule has 2 aromatic rings. The highest BCUT2D eigenvalue weighted by atomic mass is 16.6. The Kier molecular flexibility index (Phi) is 5.66. The first-order valence-corrected chi connectivity index (χ1v) is 8.97. The molecule has 2 aromatic carbocycles. The Morgan fingerprint density at radius 1 is 1.19 bits per heavy atom. The molecule has 1 aliphatic heterocycles. The van der Waals surface area contributed by atoms with E-state index < -0.39 is 6.10 Å². The number of hydrogen-bond acceptors (Lipinski definition) is 4. The molecule has 0 unspecified atom stereocenters. The Bertz CT molecular complexity index is 774. The number of aryl methyl sites for hydroxylation is 2. The minimum Gasteiger partial charge on any atom is -0.486 e. The van der Waals surface area contributed by atoms with E-state index in [0.29, 0.717) is 31.1 Å². The van der Waals surface area contributed by atoms with E-state index in [1.165, 1.54) is 5.56 Å². The molecule has 0 aliphatic carbocycles. The molecule has 138 valence electrons. The van der Waals surface area contributed by atoms with Crippen molar-refractivity contribution in [3.05, 3.63) is 53.6 Å². The number of para-hydroxylation sites is 2. The van der Waals surface area contributed by atoms with E-state index in [9.17, 15) is 4.79 Å². The third kappa shape index (κ3) is 4.28. The molecule has 5 nitrogen and oxygen atoms in total. The molecule has 3 rings (SSSR count). The first-order chi connectivity index (χ1) is 12.6. The van der Waals surface area contributed by atoms with E-state index in [1.54, 1.807) is 0 Å². The fourth-order valence-corrected chi connectivity index (χ4v) is 2.77. The summed E-state index contributed by atoms with van der Waals surface area (Å²) in [5.74, 6) is 2.01. The summed E-state index contributed by atoms with van der Waals surface area (Å²) in [4.78, 5) is 12.5. The molecule has 1 amide bonds. The predicted octanol–water partition coefficient (Wildman–Crippen LogP) is 3.42. The highest BCUT2D eigenvalue weighted by Crippen LogP contribution is 2.30. The van der Waals surface area contributed by atoms with Gasteiger partial charge in [0.2, 0.25) is 0 Å². The SMILES string of the molecule is CC[C@H](Oc1ccc(C)c(C)c1)C(=O)NC[C@H]1COc2ccccc2O1. The lowest BCUT2D eigenvalue weighted by Gasteiger charge is -2.27. The van der Waals surface area contributed by atoms with Crippen molar-refractivity contribution in [2.24, 2.45) is 0 Å². The molecule has 1 aliphatic rings. The molecule has 2 atom stereocenters. The highest BCUT2D eigenvalue weighted by molar-refractivity contribution is 5.81. The van der Waals surface area contributed by atoms with Crippen LogP contribution >= 0.6 is 0 Å². The standard InChI is InChI=1S/C21H25NO4/c1-4-18(25-16-10-9-14(2)15(3)11-16)21(23)22-12-17-13-24-19-7-5-6-8-20(19)26-17/h5-11,17-18H,4,12-13H2,1-3H3,(H,22,23)/t17-,18-/m0/s1. The van der Waals surface area contributed by atoms with Crippen LogP contribution in [0.5, 0.6) is 17.2 Å². The van der Waals surface area contributed by atoms with Gasteiger partial charge >= 0.3 is 0 Å². The molecule has 5 heteroatoms. The van der Waals surface area contributed by atoms with Crippen LogP contribution in [0, 0.1) is 13.8 Å². The van der Waals surface area contributed by atoms with Gasteiger partial charge in [-0.2, -0.15) is 0 Å². The second kappa shape index (κ2) is 8.13. The highest BCUT2D eigenvalue weighted by Gasteiger charge is 2.24. The Labute approximate surface area is 154 Å². The van der Waals surface area contributed by atoms with E-state index >= 15 is 0 Å². The van der Waals surface area contributed by atoms with Crippen molar-refractivity contribution in [1.82, 2.24) is 5.32 Å². The average Bonchev–Trinajstić information content (AvgIpc) is 2.66. The first-order valence-electron chi connectivity index (χ1n) is 8.97. The molecule has 0 bridgehead atoms. The summed E-state index contributed by atoms with van der Waals surface area (Å²) < 4.78 is 17.4. The molecule has 0 fully saturated rings. The lowest BCUT2D eigenvalue weighted by atomic mass is 10.1. The van der Waals surface area contributed by atoms with E-state index in [-0.39, 0.29) is 12.0 Å². The lowest BCUT2D eigenvalue weighted by Crippen LogP contribution is -2.45. The molecule has 0 saturated heterocycles. The van der Waals surface area contributed by atoms with Gasteiger partial charge < -0.3 is 19.5 Å². The molecule has 0 aromatic heterocycles. The summed E-state index contributed by atoms with van der Waals surface area (Å²) in [5.41, 5.74) is 2.34.